The van der Waals surface area contributed by atoms with E-state index in [0.29, 0.717) is 18.5 Å². The van der Waals surface area contributed by atoms with E-state index in [1.165, 1.54) is 18.4 Å². The van der Waals surface area contributed by atoms with Crippen LogP contribution in [0.15, 0.2) is 47.7 Å². The maximum Gasteiger partial charge on any atom is 0.191 e. The maximum absolute atomic E-state index is 6.01. The van der Waals surface area contributed by atoms with Crippen molar-refractivity contribution in [2.24, 2.45) is 10.7 Å². The molecular formula is C17H23N5. The summed E-state index contributed by atoms with van der Waals surface area (Å²) >= 11 is 0. The van der Waals surface area contributed by atoms with Gasteiger partial charge in [-0.3, -0.25) is 4.99 Å². The summed E-state index contributed by atoms with van der Waals surface area (Å²) in [7, 11) is 2.02. The molecule has 1 aromatic heterocycles. The third-order valence-electron chi connectivity index (χ3n) is 4.06. The van der Waals surface area contributed by atoms with Gasteiger partial charge in [0.2, 0.25) is 0 Å². The Kier molecular flexibility index (Phi) is 4.42. The second-order valence-electron chi connectivity index (χ2n) is 5.79. The monoisotopic (exact) mass is 297 g/mol. The van der Waals surface area contributed by atoms with Crippen molar-refractivity contribution in [1.82, 2.24) is 14.5 Å². The Balaban J connectivity index is 1.57. The van der Waals surface area contributed by atoms with Crippen molar-refractivity contribution in [3.05, 3.63) is 54.1 Å². The molecule has 0 bridgehead atoms. The van der Waals surface area contributed by atoms with E-state index in [1.54, 1.807) is 0 Å². The largest absolute Gasteiger partial charge is 0.370 e. The van der Waals surface area contributed by atoms with Crippen molar-refractivity contribution < 1.29 is 0 Å². The van der Waals surface area contributed by atoms with Crippen LogP contribution in [0.1, 0.15) is 24.2 Å². The fourth-order valence-corrected chi connectivity index (χ4v) is 2.52. The van der Waals surface area contributed by atoms with Gasteiger partial charge in [-0.05, 0) is 18.4 Å². The van der Waals surface area contributed by atoms with Crippen molar-refractivity contribution in [3.63, 3.8) is 0 Å². The van der Waals surface area contributed by atoms with Gasteiger partial charge in [0, 0.05) is 45.0 Å². The van der Waals surface area contributed by atoms with Crippen LogP contribution in [0.25, 0.3) is 0 Å². The highest BCUT2D eigenvalue weighted by molar-refractivity contribution is 5.78. The fraction of sp³-hybridized carbons (Fsp3) is 0.412. The molecule has 2 N–H and O–H groups in total. The van der Waals surface area contributed by atoms with Crippen LogP contribution in [0.5, 0.6) is 0 Å². The van der Waals surface area contributed by atoms with Crippen LogP contribution < -0.4 is 5.73 Å². The Labute approximate surface area is 131 Å². The number of hydrogen-bond donors (Lipinski definition) is 1. The average molecular weight is 297 g/mol. The van der Waals surface area contributed by atoms with E-state index in [0.717, 1.165) is 18.8 Å². The lowest BCUT2D eigenvalue weighted by atomic mass is 10.2. The van der Waals surface area contributed by atoms with Crippen LogP contribution in [0.3, 0.4) is 0 Å². The average Bonchev–Trinajstić information content (AvgIpc) is 3.30. The molecule has 0 aliphatic heterocycles. The molecule has 5 nitrogen and oxygen atoms in total. The first-order valence-electron chi connectivity index (χ1n) is 7.80. The summed E-state index contributed by atoms with van der Waals surface area (Å²) in [4.78, 5) is 11.0. The van der Waals surface area contributed by atoms with Gasteiger partial charge < -0.3 is 15.2 Å². The molecule has 0 unspecified atom stereocenters. The highest BCUT2D eigenvalue weighted by Crippen LogP contribution is 2.24. The zero-order valence-electron chi connectivity index (χ0n) is 13.0. The topological polar surface area (TPSA) is 59.4 Å². The number of nitrogens with two attached hydrogens (primary N) is 1. The Bertz CT molecular complexity index is 628. The molecule has 1 aliphatic rings. The van der Waals surface area contributed by atoms with Gasteiger partial charge >= 0.3 is 0 Å². The first-order chi connectivity index (χ1) is 10.7. The number of hydrogen-bond acceptors (Lipinski definition) is 2. The van der Waals surface area contributed by atoms with Gasteiger partial charge in [0.15, 0.2) is 5.96 Å². The number of nitrogens with zero attached hydrogens (tertiary/aromatic N) is 4. The van der Waals surface area contributed by atoms with E-state index in [-0.39, 0.29) is 0 Å². The summed E-state index contributed by atoms with van der Waals surface area (Å²) in [6, 6.07) is 11.0. The molecule has 5 heteroatoms. The van der Waals surface area contributed by atoms with Crippen molar-refractivity contribution in [3.8, 4) is 0 Å². The number of aliphatic imine (C=N–C) groups is 1. The van der Waals surface area contributed by atoms with E-state index >= 15 is 0 Å². The molecular weight excluding hydrogens is 274 g/mol. The SMILES string of the molecule is CN(C(N)=NCCc1nccn1Cc1ccccc1)C1CC1. The molecule has 22 heavy (non-hydrogen) atoms. The predicted molar refractivity (Wildman–Crippen MR) is 88.7 cm³/mol. The summed E-state index contributed by atoms with van der Waals surface area (Å²) in [6.07, 6.45) is 7.13. The summed E-state index contributed by atoms with van der Waals surface area (Å²) < 4.78 is 2.17. The number of imidazole rings is 1. The number of aromatic nitrogens is 2. The number of guanidine groups is 1. The molecule has 0 atom stereocenters. The smallest absolute Gasteiger partial charge is 0.191 e. The third-order valence-corrected chi connectivity index (χ3v) is 4.06. The van der Waals surface area contributed by atoms with E-state index < -0.39 is 0 Å². The van der Waals surface area contributed by atoms with E-state index in [1.807, 2.05) is 25.5 Å². The summed E-state index contributed by atoms with van der Waals surface area (Å²) in [5.41, 5.74) is 7.28. The second-order valence-corrected chi connectivity index (χ2v) is 5.79. The predicted octanol–water partition coefficient (Wildman–Crippen LogP) is 1.88. The van der Waals surface area contributed by atoms with E-state index in [4.69, 9.17) is 5.73 Å². The standard InChI is InChI=1S/C17H23N5/c1-21(15-7-8-15)17(18)20-10-9-16-19-11-12-22(16)13-14-5-3-2-4-6-14/h2-6,11-12,15H,7-10,13H2,1H3,(H2,18,20). The van der Waals surface area contributed by atoms with Crippen LogP contribution >= 0.6 is 0 Å². The molecule has 3 rings (SSSR count). The zero-order valence-corrected chi connectivity index (χ0v) is 13.0. The highest BCUT2D eigenvalue weighted by atomic mass is 15.3. The highest BCUT2D eigenvalue weighted by Gasteiger charge is 2.27. The summed E-state index contributed by atoms with van der Waals surface area (Å²) in [5, 5.41) is 0. The van der Waals surface area contributed by atoms with Crippen LogP contribution in [-0.2, 0) is 13.0 Å². The molecule has 1 aliphatic carbocycles. The zero-order chi connectivity index (χ0) is 15.4. The van der Waals surface area contributed by atoms with E-state index in [2.05, 4.69) is 43.7 Å². The summed E-state index contributed by atoms with van der Waals surface area (Å²) in [5.74, 6) is 1.69. The lowest BCUT2D eigenvalue weighted by molar-refractivity contribution is 0.487. The maximum atomic E-state index is 6.01. The molecule has 0 radical (unpaired) electrons. The van der Waals surface area contributed by atoms with E-state index in [9.17, 15) is 0 Å². The minimum absolute atomic E-state index is 0.601. The molecule has 1 saturated carbocycles. The van der Waals surface area contributed by atoms with Crippen molar-refractivity contribution in [2.45, 2.75) is 31.8 Å². The Hall–Kier alpha value is -2.30. The van der Waals surface area contributed by atoms with Crippen LogP contribution in [-0.4, -0.2) is 40.0 Å². The molecule has 0 spiro atoms. The van der Waals surface area contributed by atoms with Crippen molar-refractivity contribution >= 4 is 5.96 Å². The Morgan fingerprint density at radius 2 is 2.14 bits per heavy atom. The number of rotatable bonds is 6. The first-order valence-corrected chi connectivity index (χ1v) is 7.80. The number of benzene rings is 1. The molecule has 1 fully saturated rings. The first kappa shape index (κ1) is 14.6. The Morgan fingerprint density at radius 1 is 1.36 bits per heavy atom. The second kappa shape index (κ2) is 6.64. The molecule has 0 amide bonds. The third kappa shape index (κ3) is 3.67. The van der Waals surface area contributed by atoms with Crippen LogP contribution in [0.4, 0.5) is 0 Å². The van der Waals surface area contributed by atoms with Gasteiger partial charge in [0.1, 0.15) is 5.82 Å². The molecule has 1 aromatic carbocycles. The van der Waals surface area contributed by atoms with Gasteiger partial charge in [-0.2, -0.15) is 0 Å². The van der Waals surface area contributed by atoms with Crippen LogP contribution in [0.2, 0.25) is 0 Å². The van der Waals surface area contributed by atoms with Gasteiger partial charge in [0.05, 0.1) is 0 Å². The normalized spacial score (nSPS) is 15.0. The van der Waals surface area contributed by atoms with Crippen molar-refractivity contribution in [1.29, 1.82) is 0 Å². The lowest BCUT2D eigenvalue weighted by Crippen LogP contribution is -2.35. The fourth-order valence-electron chi connectivity index (χ4n) is 2.52. The van der Waals surface area contributed by atoms with Crippen molar-refractivity contribution in [2.75, 3.05) is 13.6 Å². The minimum atomic E-state index is 0.601. The van der Waals surface area contributed by atoms with Gasteiger partial charge in [-0.15, -0.1) is 0 Å². The molecule has 0 saturated heterocycles. The van der Waals surface area contributed by atoms with Gasteiger partial charge in [0.25, 0.3) is 0 Å². The molecule has 2 aromatic rings. The molecule has 116 valence electrons. The summed E-state index contributed by atoms with van der Waals surface area (Å²) in [6.45, 7) is 1.52. The lowest BCUT2D eigenvalue weighted by Gasteiger charge is -2.16. The van der Waals surface area contributed by atoms with Crippen LogP contribution in [0, 0.1) is 0 Å². The quantitative estimate of drug-likeness (QED) is 0.654. The molecule has 1 heterocycles. The van der Waals surface area contributed by atoms with Gasteiger partial charge in [-0.1, -0.05) is 30.3 Å². The Morgan fingerprint density at radius 3 is 2.86 bits per heavy atom. The minimum Gasteiger partial charge on any atom is -0.370 e. The van der Waals surface area contributed by atoms with Gasteiger partial charge in [-0.25, -0.2) is 4.98 Å².